The van der Waals surface area contributed by atoms with Gasteiger partial charge in [-0.3, -0.25) is 4.98 Å². The van der Waals surface area contributed by atoms with Gasteiger partial charge in [-0.15, -0.1) is 11.3 Å². The Hall–Kier alpha value is -0.900. The summed E-state index contributed by atoms with van der Waals surface area (Å²) in [6, 6.07) is 5.93. The molecule has 2 N–H and O–H groups in total. The van der Waals surface area contributed by atoms with Gasteiger partial charge in [0.05, 0.1) is 5.02 Å². The number of halogens is 1. The summed E-state index contributed by atoms with van der Waals surface area (Å²) in [5.74, 6) is 0. The van der Waals surface area contributed by atoms with E-state index in [2.05, 4.69) is 16.4 Å². The summed E-state index contributed by atoms with van der Waals surface area (Å²) < 4.78 is 0. The molecule has 4 heteroatoms. The van der Waals surface area contributed by atoms with E-state index in [4.69, 9.17) is 17.3 Å². The lowest BCUT2D eigenvalue weighted by molar-refractivity contribution is 0.729. The monoisotopic (exact) mass is 238 g/mol. The highest BCUT2D eigenvalue weighted by Gasteiger charge is 2.10. The van der Waals surface area contributed by atoms with Crippen LogP contribution in [0.1, 0.15) is 16.5 Å². The van der Waals surface area contributed by atoms with Crippen molar-refractivity contribution in [2.75, 3.05) is 0 Å². The average molecular weight is 239 g/mol. The number of hydrogen-bond donors (Lipinski definition) is 1. The van der Waals surface area contributed by atoms with Gasteiger partial charge in [-0.25, -0.2) is 0 Å². The van der Waals surface area contributed by atoms with Crippen molar-refractivity contribution >= 4 is 22.9 Å². The smallest absolute Gasteiger partial charge is 0.0637 e. The van der Waals surface area contributed by atoms with E-state index in [0.717, 1.165) is 12.0 Å². The Morgan fingerprint density at radius 2 is 2.33 bits per heavy atom. The molecule has 2 aromatic rings. The molecule has 0 bridgehead atoms. The van der Waals surface area contributed by atoms with Crippen molar-refractivity contribution < 1.29 is 0 Å². The molecule has 0 saturated heterocycles. The van der Waals surface area contributed by atoms with Crippen molar-refractivity contribution in [2.24, 2.45) is 5.73 Å². The maximum absolute atomic E-state index is 6.08. The lowest BCUT2D eigenvalue weighted by Gasteiger charge is -2.11. The predicted molar refractivity (Wildman–Crippen MR) is 64.2 cm³/mol. The summed E-state index contributed by atoms with van der Waals surface area (Å²) in [6.45, 7) is 0. The third kappa shape index (κ3) is 2.56. The molecule has 1 unspecified atom stereocenters. The van der Waals surface area contributed by atoms with Crippen LogP contribution in [0.3, 0.4) is 0 Å². The highest BCUT2D eigenvalue weighted by atomic mass is 35.5. The van der Waals surface area contributed by atoms with Crippen LogP contribution in [-0.4, -0.2) is 4.98 Å². The topological polar surface area (TPSA) is 38.9 Å². The second-order valence-corrected chi connectivity index (χ2v) is 4.73. The van der Waals surface area contributed by atoms with Crippen LogP contribution in [0.25, 0.3) is 0 Å². The van der Waals surface area contributed by atoms with Gasteiger partial charge in [0.1, 0.15) is 0 Å². The summed E-state index contributed by atoms with van der Waals surface area (Å²) in [7, 11) is 0. The minimum atomic E-state index is -0.0563. The molecule has 0 aromatic carbocycles. The highest BCUT2D eigenvalue weighted by molar-refractivity contribution is 7.09. The minimum absolute atomic E-state index is 0.0563. The van der Waals surface area contributed by atoms with Gasteiger partial charge in [-0.1, -0.05) is 17.7 Å². The SMILES string of the molecule is NC(Cc1cccs1)c1ccncc1Cl. The molecule has 0 aliphatic heterocycles. The van der Waals surface area contributed by atoms with E-state index in [1.165, 1.54) is 4.88 Å². The van der Waals surface area contributed by atoms with Crippen LogP contribution in [-0.2, 0) is 6.42 Å². The molecule has 2 rings (SSSR count). The molecule has 0 fully saturated rings. The number of nitrogens with two attached hydrogens (primary N) is 1. The van der Waals surface area contributed by atoms with Gasteiger partial charge in [-0.2, -0.15) is 0 Å². The van der Waals surface area contributed by atoms with Gasteiger partial charge < -0.3 is 5.73 Å². The number of rotatable bonds is 3. The van der Waals surface area contributed by atoms with Gasteiger partial charge in [0, 0.05) is 29.7 Å². The van der Waals surface area contributed by atoms with Crippen LogP contribution in [0.5, 0.6) is 0 Å². The Labute approximate surface area is 97.7 Å². The maximum atomic E-state index is 6.08. The van der Waals surface area contributed by atoms with E-state index in [1.807, 2.05) is 12.1 Å². The summed E-state index contributed by atoms with van der Waals surface area (Å²) in [5.41, 5.74) is 7.04. The zero-order valence-electron chi connectivity index (χ0n) is 8.06. The standard InChI is InChI=1S/C11H11ClN2S/c12-10-7-14-4-3-9(10)11(13)6-8-2-1-5-15-8/h1-5,7,11H,6,13H2. The first kappa shape index (κ1) is 10.6. The zero-order chi connectivity index (χ0) is 10.7. The molecule has 0 aliphatic carbocycles. The highest BCUT2D eigenvalue weighted by Crippen LogP contribution is 2.24. The molecule has 0 saturated carbocycles. The molecule has 1 atom stereocenters. The fourth-order valence-electron chi connectivity index (χ4n) is 1.44. The average Bonchev–Trinajstić information content (AvgIpc) is 2.71. The third-order valence-corrected chi connectivity index (χ3v) is 3.42. The van der Waals surface area contributed by atoms with E-state index in [1.54, 1.807) is 23.7 Å². The fraction of sp³-hybridized carbons (Fsp3) is 0.182. The number of nitrogens with zero attached hydrogens (tertiary/aromatic N) is 1. The Balaban J connectivity index is 2.15. The molecule has 78 valence electrons. The third-order valence-electron chi connectivity index (χ3n) is 2.20. The summed E-state index contributed by atoms with van der Waals surface area (Å²) >= 11 is 7.73. The van der Waals surface area contributed by atoms with E-state index in [9.17, 15) is 0 Å². The maximum Gasteiger partial charge on any atom is 0.0637 e. The molecule has 0 radical (unpaired) electrons. The Morgan fingerprint density at radius 1 is 1.47 bits per heavy atom. The first-order valence-corrected chi connectivity index (χ1v) is 5.90. The van der Waals surface area contributed by atoms with Crippen molar-refractivity contribution in [3.63, 3.8) is 0 Å². The van der Waals surface area contributed by atoms with Crippen LogP contribution < -0.4 is 5.73 Å². The second kappa shape index (κ2) is 4.75. The van der Waals surface area contributed by atoms with Crippen LogP contribution in [0, 0.1) is 0 Å². The van der Waals surface area contributed by atoms with Crippen LogP contribution in [0.15, 0.2) is 36.0 Å². The number of aromatic nitrogens is 1. The Kier molecular flexibility index (Phi) is 3.36. The molecule has 2 aromatic heterocycles. The second-order valence-electron chi connectivity index (χ2n) is 3.29. The zero-order valence-corrected chi connectivity index (χ0v) is 9.63. The van der Waals surface area contributed by atoms with Crippen molar-refractivity contribution in [3.05, 3.63) is 51.4 Å². The Bertz CT molecular complexity index is 428. The van der Waals surface area contributed by atoms with Gasteiger partial charge in [0.15, 0.2) is 0 Å². The first-order valence-electron chi connectivity index (χ1n) is 4.65. The molecule has 0 spiro atoms. The molecular weight excluding hydrogens is 228 g/mol. The molecule has 0 amide bonds. The minimum Gasteiger partial charge on any atom is -0.324 e. The number of thiophene rings is 1. The lowest BCUT2D eigenvalue weighted by atomic mass is 10.1. The normalized spacial score (nSPS) is 12.7. The van der Waals surface area contributed by atoms with E-state index >= 15 is 0 Å². The molecular formula is C11H11ClN2S. The van der Waals surface area contributed by atoms with E-state index in [-0.39, 0.29) is 6.04 Å². The van der Waals surface area contributed by atoms with Crippen molar-refractivity contribution in [2.45, 2.75) is 12.5 Å². The summed E-state index contributed by atoms with van der Waals surface area (Å²) in [4.78, 5) is 5.21. The molecule has 2 heterocycles. The van der Waals surface area contributed by atoms with Gasteiger partial charge in [0.25, 0.3) is 0 Å². The van der Waals surface area contributed by atoms with Crippen LogP contribution >= 0.6 is 22.9 Å². The van der Waals surface area contributed by atoms with Crippen LogP contribution in [0.4, 0.5) is 0 Å². The van der Waals surface area contributed by atoms with Crippen LogP contribution in [0.2, 0.25) is 5.02 Å². The largest absolute Gasteiger partial charge is 0.324 e. The van der Waals surface area contributed by atoms with Crippen molar-refractivity contribution in [3.8, 4) is 0 Å². The fourth-order valence-corrected chi connectivity index (χ4v) is 2.47. The van der Waals surface area contributed by atoms with Crippen molar-refractivity contribution in [1.82, 2.24) is 4.98 Å². The predicted octanol–water partition coefficient (Wildman–Crippen LogP) is 3.04. The quantitative estimate of drug-likeness (QED) is 0.893. The first-order chi connectivity index (χ1) is 7.27. The van der Waals surface area contributed by atoms with E-state index < -0.39 is 0 Å². The summed E-state index contributed by atoms with van der Waals surface area (Å²) in [5, 5.41) is 2.69. The number of hydrogen-bond acceptors (Lipinski definition) is 3. The van der Waals surface area contributed by atoms with Gasteiger partial charge >= 0.3 is 0 Å². The summed E-state index contributed by atoms with van der Waals surface area (Å²) in [6.07, 6.45) is 4.17. The number of pyridine rings is 1. The lowest BCUT2D eigenvalue weighted by Crippen LogP contribution is -2.13. The Morgan fingerprint density at radius 3 is 3.00 bits per heavy atom. The molecule has 2 nitrogen and oxygen atoms in total. The van der Waals surface area contributed by atoms with E-state index in [0.29, 0.717) is 5.02 Å². The van der Waals surface area contributed by atoms with Gasteiger partial charge in [0.2, 0.25) is 0 Å². The molecule has 15 heavy (non-hydrogen) atoms. The molecule has 0 aliphatic rings. The van der Waals surface area contributed by atoms with Gasteiger partial charge in [-0.05, 0) is 23.1 Å². The van der Waals surface area contributed by atoms with Crippen molar-refractivity contribution in [1.29, 1.82) is 0 Å².